The molecular weight excluding hydrogens is 428 g/mol. The summed E-state index contributed by atoms with van der Waals surface area (Å²) in [7, 11) is -0.963. The molecule has 1 amide bonds. The van der Waals surface area contributed by atoms with Gasteiger partial charge >= 0.3 is 0 Å². The maximum atomic E-state index is 13.1. The smallest absolute Gasteiger partial charge is 0.293 e. The molecule has 11 heteroatoms. The van der Waals surface area contributed by atoms with Crippen LogP contribution in [0.15, 0.2) is 52.9 Å². The predicted octanol–water partition coefficient (Wildman–Crippen LogP) is 3.02. The average molecular weight is 449 g/mol. The molecule has 0 aliphatic heterocycles. The second-order valence-corrected chi connectivity index (χ2v) is 8.91. The highest BCUT2D eigenvalue weighted by molar-refractivity contribution is 7.94. The van der Waals surface area contributed by atoms with Gasteiger partial charge in [-0.3, -0.25) is 14.4 Å². The molecule has 158 valence electrons. The quantitative estimate of drug-likeness (QED) is 0.527. The van der Waals surface area contributed by atoms with Crippen molar-refractivity contribution in [3.05, 3.63) is 54.1 Å². The molecule has 0 radical (unpaired) electrons. The van der Waals surface area contributed by atoms with Crippen LogP contribution in [0.1, 0.15) is 17.3 Å². The lowest BCUT2D eigenvalue weighted by atomic mass is 10.2. The van der Waals surface area contributed by atoms with Crippen LogP contribution in [0, 0.1) is 0 Å². The lowest BCUT2D eigenvalue weighted by molar-refractivity contribution is 0.102. The number of hydrogen-bond donors (Lipinski definition) is 1. The average Bonchev–Trinajstić information content (AvgIpc) is 3.24. The number of nitrogens with zero attached hydrogens (tertiary/aromatic N) is 3. The van der Waals surface area contributed by atoms with Crippen molar-refractivity contribution in [3.8, 4) is 11.5 Å². The molecule has 30 heavy (non-hydrogen) atoms. The van der Waals surface area contributed by atoms with Crippen LogP contribution in [0.4, 0.5) is 10.8 Å². The number of benzene rings is 2. The van der Waals surface area contributed by atoms with Crippen LogP contribution in [-0.2, 0) is 10.0 Å². The Morgan fingerprint density at radius 3 is 2.40 bits per heavy atom. The Balaban J connectivity index is 1.83. The van der Waals surface area contributed by atoms with Crippen LogP contribution < -0.4 is 19.1 Å². The lowest BCUT2D eigenvalue weighted by Gasteiger charge is -2.21. The molecule has 2 aromatic carbocycles. The van der Waals surface area contributed by atoms with Crippen molar-refractivity contribution in [2.24, 2.45) is 0 Å². The van der Waals surface area contributed by atoms with Gasteiger partial charge in [0, 0.05) is 6.54 Å². The maximum absolute atomic E-state index is 13.1. The second-order valence-electron chi connectivity index (χ2n) is 5.90. The van der Waals surface area contributed by atoms with Gasteiger partial charge in [-0.05, 0) is 43.3 Å². The first-order valence-electron chi connectivity index (χ1n) is 8.85. The number of rotatable bonds is 8. The number of amides is 1. The minimum Gasteiger partial charge on any atom is -0.497 e. The zero-order chi connectivity index (χ0) is 21.7. The van der Waals surface area contributed by atoms with Gasteiger partial charge in [-0.25, -0.2) is 0 Å². The van der Waals surface area contributed by atoms with Crippen LogP contribution in [-0.4, -0.2) is 45.3 Å². The molecule has 0 atom stereocenters. The van der Waals surface area contributed by atoms with Gasteiger partial charge < -0.3 is 9.47 Å². The molecule has 3 aromatic rings. The molecule has 1 heterocycles. The van der Waals surface area contributed by atoms with Gasteiger partial charge in [-0.2, -0.15) is 8.42 Å². The zero-order valence-electron chi connectivity index (χ0n) is 16.5. The molecule has 1 aromatic heterocycles. The monoisotopic (exact) mass is 448 g/mol. The van der Waals surface area contributed by atoms with Gasteiger partial charge in [0.05, 0.1) is 25.5 Å². The number of ether oxygens (including phenoxy) is 2. The van der Waals surface area contributed by atoms with Crippen molar-refractivity contribution in [3.63, 3.8) is 0 Å². The van der Waals surface area contributed by atoms with Gasteiger partial charge in [0.1, 0.15) is 11.5 Å². The van der Waals surface area contributed by atoms with Gasteiger partial charge in [-0.1, -0.05) is 23.5 Å². The molecule has 1 N–H and O–H groups in total. The van der Waals surface area contributed by atoms with E-state index in [1.807, 2.05) is 0 Å². The van der Waals surface area contributed by atoms with E-state index < -0.39 is 15.9 Å². The summed E-state index contributed by atoms with van der Waals surface area (Å²) >= 11 is 0.773. The fourth-order valence-electron chi connectivity index (χ4n) is 2.70. The van der Waals surface area contributed by atoms with Crippen LogP contribution in [0.3, 0.4) is 0 Å². The SMILES string of the molecule is CCN(c1ccc(OC)cc1)S(=O)(=O)c1nnc(NC(=O)c2ccccc2OC)s1. The predicted molar refractivity (Wildman–Crippen MR) is 114 cm³/mol. The number of sulfonamides is 1. The summed E-state index contributed by atoms with van der Waals surface area (Å²) in [5.41, 5.74) is 0.765. The van der Waals surface area contributed by atoms with Crippen molar-refractivity contribution < 1.29 is 22.7 Å². The van der Waals surface area contributed by atoms with E-state index in [0.29, 0.717) is 22.7 Å². The number of para-hydroxylation sites is 1. The van der Waals surface area contributed by atoms with E-state index in [2.05, 4.69) is 15.5 Å². The van der Waals surface area contributed by atoms with Crippen LogP contribution in [0.5, 0.6) is 11.5 Å². The van der Waals surface area contributed by atoms with Crippen LogP contribution >= 0.6 is 11.3 Å². The van der Waals surface area contributed by atoms with E-state index in [0.717, 1.165) is 11.3 Å². The van der Waals surface area contributed by atoms with Crippen molar-refractivity contribution in [2.75, 3.05) is 30.4 Å². The molecule has 0 aliphatic carbocycles. The maximum Gasteiger partial charge on any atom is 0.293 e. The Labute approximate surface area is 178 Å². The number of hydrogen-bond acceptors (Lipinski definition) is 8. The Bertz CT molecular complexity index is 1130. The van der Waals surface area contributed by atoms with Crippen molar-refractivity contribution >= 4 is 38.1 Å². The summed E-state index contributed by atoms with van der Waals surface area (Å²) in [4.78, 5) is 12.5. The molecule has 0 bridgehead atoms. The molecular formula is C19H20N4O5S2. The number of carbonyl (C=O) groups is 1. The zero-order valence-corrected chi connectivity index (χ0v) is 18.2. The van der Waals surface area contributed by atoms with Crippen molar-refractivity contribution in [1.82, 2.24) is 10.2 Å². The van der Waals surface area contributed by atoms with Crippen LogP contribution in [0.2, 0.25) is 0 Å². The normalized spacial score (nSPS) is 11.0. The fourth-order valence-corrected chi connectivity index (χ4v) is 5.17. The van der Waals surface area contributed by atoms with Gasteiger partial charge in [0.25, 0.3) is 20.3 Å². The van der Waals surface area contributed by atoms with E-state index in [1.165, 1.54) is 18.5 Å². The van der Waals surface area contributed by atoms with E-state index in [4.69, 9.17) is 9.47 Å². The number of carbonyl (C=O) groups excluding carboxylic acids is 1. The Morgan fingerprint density at radius 1 is 1.07 bits per heavy atom. The van der Waals surface area contributed by atoms with E-state index >= 15 is 0 Å². The molecule has 0 aliphatic rings. The van der Waals surface area contributed by atoms with E-state index in [-0.39, 0.29) is 16.0 Å². The minimum atomic E-state index is -3.95. The standard InChI is InChI=1S/C19H20N4O5S2/c1-4-23(13-9-11-14(27-2)12-10-13)30(25,26)19-22-21-18(29-19)20-17(24)15-7-5-6-8-16(15)28-3/h5-12H,4H2,1-3H3,(H,20,21,24). The largest absolute Gasteiger partial charge is 0.497 e. The summed E-state index contributed by atoms with van der Waals surface area (Å²) in [6.45, 7) is 1.91. The van der Waals surface area contributed by atoms with Gasteiger partial charge in [0.15, 0.2) is 0 Å². The number of anilines is 2. The molecule has 0 fully saturated rings. The van der Waals surface area contributed by atoms with Gasteiger partial charge in [-0.15, -0.1) is 10.2 Å². The molecule has 0 saturated carbocycles. The second kappa shape index (κ2) is 9.09. The first-order valence-corrected chi connectivity index (χ1v) is 11.1. The Kier molecular flexibility index (Phi) is 6.53. The Morgan fingerprint density at radius 2 is 1.77 bits per heavy atom. The third-order valence-electron chi connectivity index (χ3n) is 4.14. The summed E-state index contributed by atoms with van der Waals surface area (Å²) in [6.07, 6.45) is 0. The third kappa shape index (κ3) is 4.36. The number of aromatic nitrogens is 2. The topological polar surface area (TPSA) is 111 Å². The number of methoxy groups -OCH3 is 2. The molecule has 0 spiro atoms. The Hall–Kier alpha value is -3.18. The fraction of sp³-hybridized carbons (Fsp3) is 0.211. The number of nitrogens with one attached hydrogen (secondary N) is 1. The first kappa shape index (κ1) is 21.5. The molecule has 9 nitrogen and oxygen atoms in total. The summed E-state index contributed by atoms with van der Waals surface area (Å²) in [5, 5.41) is 10.2. The van der Waals surface area contributed by atoms with Crippen molar-refractivity contribution in [2.45, 2.75) is 11.3 Å². The summed E-state index contributed by atoms with van der Waals surface area (Å²) in [5.74, 6) is 0.531. The summed E-state index contributed by atoms with van der Waals surface area (Å²) in [6, 6.07) is 13.3. The van der Waals surface area contributed by atoms with E-state index in [9.17, 15) is 13.2 Å². The highest BCUT2D eigenvalue weighted by Crippen LogP contribution is 2.29. The van der Waals surface area contributed by atoms with E-state index in [1.54, 1.807) is 55.5 Å². The van der Waals surface area contributed by atoms with Crippen molar-refractivity contribution in [1.29, 1.82) is 0 Å². The lowest BCUT2D eigenvalue weighted by Crippen LogP contribution is -2.30. The minimum absolute atomic E-state index is 0.0651. The highest BCUT2D eigenvalue weighted by Gasteiger charge is 2.28. The molecule has 3 rings (SSSR count). The first-order chi connectivity index (χ1) is 14.4. The highest BCUT2D eigenvalue weighted by atomic mass is 32.2. The molecule has 0 unspecified atom stereocenters. The third-order valence-corrected chi connectivity index (χ3v) is 7.22. The van der Waals surface area contributed by atoms with Gasteiger partial charge in [0.2, 0.25) is 5.13 Å². The molecule has 0 saturated heterocycles. The summed E-state index contributed by atoms with van der Waals surface area (Å²) < 4.78 is 37.4. The van der Waals surface area contributed by atoms with Crippen LogP contribution in [0.25, 0.3) is 0 Å².